The van der Waals surface area contributed by atoms with Crippen LogP contribution in [0.1, 0.15) is 24.5 Å². The van der Waals surface area contributed by atoms with Crippen LogP contribution in [0, 0.1) is 0 Å². The summed E-state index contributed by atoms with van der Waals surface area (Å²) in [4.78, 5) is 28.1. The molecule has 140 valence electrons. The van der Waals surface area contributed by atoms with Crippen LogP contribution in [-0.4, -0.2) is 25.6 Å². The second kappa shape index (κ2) is 7.66. The number of nitrogens with zero attached hydrogens (tertiary/aromatic N) is 1. The van der Waals surface area contributed by atoms with Crippen LogP contribution in [0.5, 0.6) is 5.75 Å². The van der Waals surface area contributed by atoms with Crippen molar-refractivity contribution < 1.29 is 19.1 Å². The summed E-state index contributed by atoms with van der Waals surface area (Å²) < 4.78 is 10.6. The zero-order valence-corrected chi connectivity index (χ0v) is 15.6. The van der Waals surface area contributed by atoms with Crippen LogP contribution in [0.2, 0.25) is 0 Å². The van der Waals surface area contributed by atoms with Gasteiger partial charge in [-0.15, -0.1) is 6.58 Å². The Morgan fingerprint density at radius 2 is 1.96 bits per heavy atom. The molecule has 2 aromatic rings. The quantitative estimate of drug-likeness (QED) is 0.427. The molecule has 1 aliphatic rings. The summed E-state index contributed by atoms with van der Waals surface area (Å²) in [6, 6.07) is 15.0. The van der Waals surface area contributed by atoms with E-state index in [2.05, 4.69) is 6.58 Å². The molecule has 5 heteroatoms. The van der Waals surface area contributed by atoms with Gasteiger partial charge >= 0.3 is 5.97 Å². The van der Waals surface area contributed by atoms with Crippen molar-refractivity contribution >= 4 is 17.6 Å². The van der Waals surface area contributed by atoms with E-state index in [9.17, 15) is 9.59 Å². The average molecular weight is 365 g/mol. The van der Waals surface area contributed by atoms with Crippen molar-refractivity contribution in [3.63, 3.8) is 0 Å². The lowest BCUT2D eigenvalue weighted by Gasteiger charge is -2.25. The van der Waals surface area contributed by atoms with Crippen molar-refractivity contribution in [2.24, 2.45) is 0 Å². The Morgan fingerprint density at radius 1 is 1.22 bits per heavy atom. The Hall–Kier alpha value is -3.08. The minimum atomic E-state index is -1.43. The molecule has 0 aliphatic carbocycles. The summed E-state index contributed by atoms with van der Waals surface area (Å²) in [5.41, 5.74) is 0.836. The summed E-state index contributed by atoms with van der Waals surface area (Å²) in [5.74, 6) is -0.270. The molecular weight excluding hydrogens is 342 g/mol. The van der Waals surface area contributed by atoms with Gasteiger partial charge in [0.25, 0.3) is 0 Å². The first-order chi connectivity index (χ1) is 13.1. The number of carbonyl (C=O) groups is 2. The number of allylic oxidation sites excluding steroid dienone is 1. The highest BCUT2D eigenvalue weighted by Gasteiger charge is 2.56. The molecule has 3 rings (SSSR count). The molecule has 1 atom stereocenters. The van der Waals surface area contributed by atoms with Gasteiger partial charge in [0.15, 0.2) is 5.41 Å². The third kappa shape index (κ3) is 3.10. The Morgan fingerprint density at radius 3 is 2.59 bits per heavy atom. The molecule has 0 fully saturated rings. The van der Waals surface area contributed by atoms with Crippen molar-refractivity contribution in [1.82, 2.24) is 0 Å². The maximum Gasteiger partial charge on any atom is 0.326 e. The molecule has 1 amide bonds. The topological polar surface area (TPSA) is 55.8 Å². The van der Waals surface area contributed by atoms with E-state index in [4.69, 9.17) is 9.47 Å². The molecule has 2 aromatic carbocycles. The SMILES string of the molecule is C=CCC1(C(=O)OCC)C(=O)N(Cc2ccccc2)c2ccc(OC)cc21. The van der Waals surface area contributed by atoms with Crippen molar-refractivity contribution in [3.8, 4) is 5.75 Å². The Balaban J connectivity index is 2.16. The highest BCUT2D eigenvalue weighted by molar-refractivity contribution is 6.20. The maximum absolute atomic E-state index is 13.5. The van der Waals surface area contributed by atoms with Gasteiger partial charge in [-0.3, -0.25) is 9.59 Å². The highest BCUT2D eigenvalue weighted by Crippen LogP contribution is 2.47. The highest BCUT2D eigenvalue weighted by atomic mass is 16.5. The predicted molar refractivity (Wildman–Crippen MR) is 104 cm³/mol. The van der Waals surface area contributed by atoms with Crippen LogP contribution in [0.3, 0.4) is 0 Å². The third-order valence-electron chi connectivity index (χ3n) is 4.82. The van der Waals surface area contributed by atoms with Crippen LogP contribution < -0.4 is 9.64 Å². The second-order valence-corrected chi connectivity index (χ2v) is 6.38. The minimum absolute atomic E-state index is 0.163. The van der Waals surface area contributed by atoms with E-state index >= 15 is 0 Å². The van der Waals surface area contributed by atoms with Crippen LogP contribution in [-0.2, 0) is 26.3 Å². The molecule has 0 aromatic heterocycles. The fraction of sp³-hybridized carbons (Fsp3) is 0.273. The average Bonchev–Trinajstić information content (AvgIpc) is 2.92. The summed E-state index contributed by atoms with van der Waals surface area (Å²) >= 11 is 0. The molecule has 0 saturated carbocycles. The molecule has 0 saturated heterocycles. The molecule has 1 unspecified atom stereocenters. The van der Waals surface area contributed by atoms with Crippen LogP contribution in [0.15, 0.2) is 61.2 Å². The fourth-order valence-corrected chi connectivity index (χ4v) is 3.55. The standard InChI is InChI=1S/C22H23NO4/c1-4-13-22(21(25)27-5-2)18-14-17(26-3)11-12-19(18)23(20(22)24)15-16-9-7-6-8-10-16/h4,6-12,14H,1,5,13,15H2,2-3H3. The number of esters is 1. The number of benzene rings is 2. The predicted octanol–water partition coefficient (Wildman–Crippen LogP) is 3.62. The Kier molecular flexibility index (Phi) is 5.31. The van der Waals surface area contributed by atoms with Crippen LogP contribution >= 0.6 is 0 Å². The minimum Gasteiger partial charge on any atom is -0.497 e. The summed E-state index contributed by atoms with van der Waals surface area (Å²) in [7, 11) is 1.56. The van der Waals surface area contributed by atoms with Gasteiger partial charge in [0.2, 0.25) is 5.91 Å². The molecule has 1 aliphatic heterocycles. The van der Waals surface area contributed by atoms with Gasteiger partial charge in [-0.2, -0.15) is 0 Å². The van der Waals surface area contributed by atoms with Gasteiger partial charge < -0.3 is 14.4 Å². The lowest BCUT2D eigenvalue weighted by atomic mass is 9.78. The maximum atomic E-state index is 13.5. The second-order valence-electron chi connectivity index (χ2n) is 6.38. The van der Waals surface area contributed by atoms with E-state index in [1.165, 1.54) is 0 Å². The van der Waals surface area contributed by atoms with E-state index in [0.29, 0.717) is 23.5 Å². The molecule has 0 bridgehead atoms. The number of carbonyl (C=O) groups excluding carboxylic acids is 2. The van der Waals surface area contributed by atoms with Crippen LogP contribution in [0.25, 0.3) is 0 Å². The first-order valence-corrected chi connectivity index (χ1v) is 8.91. The number of fused-ring (bicyclic) bond motifs is 1. The number of ether oxygens (including phenoxy) is 2. The first-order valence-electron chi connectivity index (χ1n) is 8.91. The van der Waals surface area contributed by atoms with Gasteiger partial charge in [0.05, 0.1) is 20.3 Å². The van der Waals surface area contributed by atoms with E-state index in [1.54, 1.807) is 37.1 Å². The van der Waals surface area contributed by atoms with E-state index < -0.39 is 11.4 Å². The lowest BCUT2D eigenvalue weighted by molar-refractivity contribution is -0.153. The number of hydrogen-bond acceptors (Lipinski definition) is 4. The lowest BCUT2D eigenvalue weighted by Crippen LogP contribution is -2.46. The molecule has 5 nitrogen and oxygen atoms in total. The van der Waals surface area contributed by atoms with Gasteiger partial charge in [-0.25, -0.2) is 0 Å². The summed E-state index contributed by atoms with van der Waals surface area (Å²) in [5, 5.41) is 0. The monoisotopic (exact) mass is 365 g/mol. The van der Waals surface area contributed by atoms with Crippen molar-refractivity contribution in [2.75, 3.05) is 18.6 Å². The Bertz CT molecular complexity index is 862. The van der Waals surface area contributed by atoms with Crippen LogP contribution in [0.4, 0.5) is 5.69 Å². The Labute approximate surface area is 159 Å². The van der Waals surface area contributed by atoms with Gasteiger partial charge in [0.1, 0.15) is 5.75 Å². The molecule has 1 heterocycles. The summed E-state index contributed by atoms with van der Waals surface area (Å²) in [6.45, 7) is 6.06. The zero-order valence-electron chi connectivity index (χ0n) is 15.6. The molecular formula is C22H23NO4. The van der Waals surface area contributed by atoms with E-state index in [1.807, 2.05) is 36.4 Å². The van der Waals surface area contributed by atoms with E-state index in [-0.39, 0.29) is 18.9 Å². The number of amides is 1. The largest absolute Gasteiger partial charge is 0.497 e. The number of hydrogen-bond donors (Lipinski definition) is 0. The molecule has 0 radical (unpaired) electrons. The zero-order chi connectivity index (χ0) is 19.4. The number of rotatable bonds is 7. The number of methoxy groups -OCH3 is 1. The van der Waals surface area contributed by atoms with Crippen molar-refractivity contribution in [1.29, 1.82) is 0 Å². The molecule has 27 heavy (non-hydrogen) atoms. The summed E-state index contributed by atoms with van der Waals surface area (Å²) in [6.07, 6.45) is 1.75. The first kappa shape index (κ1) is 18.7. The van der Waals surface area contributed by atoms with Gasteiger partial charge in [-0.1, -0.05) is 36.4 Å². The third-order valence-corrected chi connectivity index (χ3v) is 4.82. The smallest absolute Gasteiger partial charge is 0.326 e. The molecule has 0 spiro atoms. The van der Waals surface area contributed by atoms with Gasteiger partial charge in [0, 0.05) is 11.3 Å². The van der Waals surface area contributed by atoms with E-state index in [0.717, 1.165) is 5.56 Å². The van der Waals surface area contributed by atoms with Crippen molar-refractivity contribution in [2.45, 2.75) is 25.3 Å². The number of anilines is 1. The normalized spacial score (nSPS) is 18.1. The fourth-order valence-electron chi connectivity index (χ4n) is 3.55. The van der Waals surface area contributed by atoms with Crippen molar-refractivity contribution in [3.05, 3.63) is 72.3 Å². The van der Waals surface area contributed by atoms with Gasteiger partial charge in [-0.05, 0) is 37.1 Å². The molecule has 0 N–H and O–H groups in total.